The number of nitrogens with one attached hydrogen (secondary N) is 1. The van der Waals surface area contributed by atoms with Crippen molar-refractivity contribution < 1.29 is 18.7 Å². The van der Waals surface area contributed by atoms with Crippen LogP contribution in [0.3, 0.4) is 0 Å². The van der Waals surface area contributed by atoms with Gasteiger partial charge in [-0.25, -0.2) is 8.78 Å². The fourth-order valence-corrected chi connectivity index (χ4v) is 3.71. The van der Waals surface area contributed by atoms with E-state index in [1.165, 1.54) is 13.0 Å². The van der Waals surface area contributed by atoms with Gasteiger partial charge < -0.3 is 10.4 Å². The van der Waals surface area contributed by atoms with Crippen molar-refractivity contribution in [2.45, 2.75) is 31.9 Å². The van der Waals surface area contributed by atoms with Crippen molar-refractivity contribution in [1.82, 2.24) is 10.3 Å². The SMILES string of the molecule is Cc1ccc(F)c(C(=O)NC(c2cnc3ccccc3c2)C2CC(O)C2)c1F. The van der Waals surface area contributed by atoms with E-state index in [1.807, 2.05) is 30.3 Å². The Morgan fingerprint density at radius 3 is 2.71 bits per heavy atom. The number of benzene rings is 2. The van der Waals surface area contributed by atoms with Crippen LogP contribution in [0.5, 0.6) is 0 Å². The highest BCUT2D eigenvalue weighted by Gasteiger charge is 2.36. The van der Waals surface area contributed by atoms with Gasteiger partial charge in [0.2, 0.25) is 0 Å². The van der Waals surface area contributed by atoms with Crippen molar-refractivity contribution >= 4 is 16.8 Å². The molecule has 1 aliphatic rings. The first-order valence-electron chi connectivity index (χ1n) is 9.22. The molecule has 0 aliphatic heterocycles. The van der Waals surface area contributed by atoms with Gasteiger partial charge in [-0.15, -0.1) is 0 Å². The zero-order chi connectivity index (χ0) is 19.8. The number of halogens is 2. The van der Waals surface area contributed by atoms with Crippen molar-refractivity contribution in [3.63, 3.8) is 0 Å². The van der Waals surface area contributed by atoms with Crippen molar-refractivity contribution in [2.75, 3.05) is 0 Å². The molecule has 1 unspecified atom stereocenters. The zero-order valence-corrected chi connectivity index (χ0v) is 15.3. The summed E-state index contributed by atoms with van der Waals surface area (Å²) in [5.41, 5.74) is 1.19. The second-order valence-corrected chi connectivity index (χ2v) is 7.35. The predicted octanol–water partition coefficient (Wildman–Crippen LogP) is 4.06. The van der Waals surface area contributed by atoms with E-state index >= 15 is 0 Å². The summed E-state index contributed by atoms with van der Waals surface area (Å²) in [5.74, 6) is -2.60. The van der Waals surface area contributed by atoms with E-state index in [9.17, 15) is 18.7 Å². The molecule has 0 spiro atoms. The number of nitrogens with zero attached hydrogens (tertiary/aromatic N) is 1. The molecule has 6 heteroatoms. The maximum absolute atomic E-state index is 14.4. The number of rotatable bonds is 4. The molecule has 1 atom stereocenters. The fraction of sp³-hybridized carbons (Fsp3) is 0.273. The van der Waals surface area contributed by atoms with Gasteiger partial charge in [0.1, 0.15) is 17.2 Å². The van der Waals surface area contributed by atoms with E-state index in [1.54, 1.807) is 6.20 Å². The number of carbonyl (C=O) groups excluding carboxylic acids is 1. The van der Waals surface area contributed by atoms with Crippen molar-refractivity contribution in [2.24, 2.45) is 5.92 Å². The molecule has 28 heavy (non-hydrogen) atoms. The molecule has 0 radical (unpaired) electrons. The van der Waals surface area contributed by atoms with Crippen molar-refractivity contribution in [1.29, 1.82) is 0 Å². The summed E-state index contributed by atoms with van der Waals surface area (Å²) in [6.07, 6.45) is 2.26. The zero-order valence-electron chi connectivity index (χ0n) is 15.3. The van der Waals surface area contributed by atoms with Crippen LogP contribution < -0.4 is 5.32 Å². The highest BCUT2D eigenvalue weighted by molar-refractivity contribution is 5.95. The number of fused-ring (bicyclic) bond motifs is 1. The molecule has 1 aromatic heterocycles. The summed E-state index contributed by atoms with van der Waals surface area (Å²) >= 11 is 0. The van der Waals surface area contributed by atoms with E-state index in [4.69, 9.17) is 0 Å². The smallest absolute Gasteiger partial charge is 0.257 e. The van der Waals surface area contributed by atoms with E-state index in [0.717, 1.165) is 22.5 Å². The summed E-state index contributed by atoms with van der Waals surface area (Å²) in [6, 6.07) is 11.4. The summed E-state index contributed by atoms with van der Waals surface area (Å²) in [7, 11) is 0. The minimum absolute atomic E-state index is 0.0298. The molecule has 0 saturated heterocycles. The molecule has 4 nitrogen and oxygen atoms in total. The Hall–Kier alpha value is -2.86. The standard InChI is InChI=1S/C22H20F2N2O2/c1-12-6-7-17(23)19(20(12)24)22(28)26-21(14-9-16(27)10-14)15-8-13-4-2-3-5-18(13)25-11-15/h2-8,11,14,16,21,27H,9-10H2,1H3,(H,26,28). The highest BCUT2D eigenvalue weighted by Crippen LogP contribution is 2.38. The number of pyridine rings is 1. The Morgan fingerprint density at radius 1 is 1.21 bits per heavy atom. The minimum Gasteiger partial charge on any atom is -0.393 e. The first-order valence-corrected chi connectivity index (χ1v) is 9.22. The number of hydrogen-bond donors (Lipinski definition) is 2. The predicted molar refractivity (Wildman–Crippen MR) is 102 cm³/mol. The van der Waals surface area contributed by atoms with Gasteiger partial charge >= 0.3 is 0 Å². The third-order valence-electron chi connectivity index (χ3n) is 5.39. The maximum Gasteiger partial charge on any atom is 0.257 e. The Balaban J connectivity index is 1.69. The topological polar surface area (TPSA) is 62.2 Å². The minimum atomic E-state index is -0.898. The number of aromatic nitrogens is 1. The molecule has 1 saturated carbocycles. The Labute approximate surface area is 161 Å². The van der Waals surface area contributed by atoms with Gasteiger partial charge in [-0.3, -0.25) is 9.78 Å². The average molecular weight is 382 g/mol. The molecule has 1 aliphatic carbocycles. The Bertz CT molecular complexity index is 1050. The van der Waals surface area contributed by atoms with Crippen LogP contribution in [0.4, 0.5) is 8.78 Å². The molecule has 4 rings (SSSR count). The summed E-state index contributed by atoms with van der Waals surface area (Å²) in [6.45, 7) is 1.48. The Kier molecular flexibility index (Phi) is 4.81. The second-order valence-electron chi connectivity index (χ2n) is 7.35. The van der Waals surface area contributed by atoms with Crippen LogP contribution in [0.1, 0.15) is 40.4 Å². The molecule has 144 valence electrons. The van der Waals surface area contributed by atoms with Crippen LogP contribution in [-0.2, 0) is 0 Å². The van der Waals surface area contributed by atoms with Crippen LogP contribution in [-0.4, -0.2) is 22.1 Å². The summed E-state index contributed by atoms with van der Waals surface area (Å²) in [4.78, 5) is 17.2. The molecule has 2 N–H and O–H groups in total. The lowest BCUT2D eigenvalue weighted by Gasteiger charge is -2.38. The number of para-hydroxylation sites is 1. The molecule has 1 fully saturated rings. The largest absolute Gasteiger partial charge is 0.393 e. The van der Waals surface area contributed by atoms with Crippen LogP contribution in [0.25, 0.3) is 10.9 Å². The molecule has 2 aromatic carbocycles. The number of amides is 1. The molecule has 3 aromatic rings. The average Bonchev–Trinajstić information content (AvgIpc) is 2.67. The van der Waals surface area contributed by atoms with Crippen molar-refractivity contribution in [3.8, 4) is 0 Å². The van der Waals surface area contributed by atoms with Crippen LogP contribution in [0.2, 0.25) is 0 Å². The van der Waals surface area contributed by atoms with Gasteiger partial charge in [0.25, 0.3) is 5.91 Å². The number of aliphatic hydroxyl groups is 1. The van der Waals surface area contributed by atoms with Crippen LogP contribution in [0, 0.1) is 24.5 Å². The lowest BCUT2D eigenvalue weighted by molar-refractivity contribution is 0.0234. The van der Waals surface area contributed by atoms with Gasteiger partial charge in [0.15, 0.2) is 0 Å². The molecule has 1 heterocycles. The van der Waals surface area contributed by atoms with Gasteiger partial charge in [-0.05, 0) is 55.0 Å². The van der Waals surface area contributed by atoms with E-state index in [-0.39, 0.29) is 11.5 Å². The van der Waals surface area contributed by atoms with Gasteiger partial charge in [-0.2, -0.15) is 0 Å². The molecular formula is C22H20F2N2O2. The fourth-order valence-electron chi connectivity index (χ4n) is 3.71. The third-order valence-corrected chi connectivity index (χ3v) is 5.39. The molecular weight excluding hydrogens is 362 g/mol. The van der Waals surface area contributed by atoms with Gasteiger partial charge in [0, 0.05) is 11.6 Å². The first kappa shape index (κ1) is 18.5. The lowest BCUT2D eigenvalue weighted by Crippen LogP contribution is -2.42. The molecule has 1 amide bonds. The first-order chi connectivity index (χ1) is 13.4. The quantitative estimate of drug-likeness (QED) is 0.715. The maximum atomic E-state index is 14.4. The van der Waals surface area contributed by atoms with Crippen molar-refractivity contribution in [3.05, 3.63) is 77.0 Å². The number of carbonyl (C=O) groups is 1. The number of hydrogen-bond acceptors (Lipinski definition) is 3. The molecule has 0 bridgehead atoms. The van der Waals surface area contributed by atoms with Crippen LogP contribution >= 0.6 is 0 Å². The normalized spacial score (nSPS) is 19.9. The highest BCUT2D eigenvalue weighted by atomic mass is 19.1. The van der Waals surface area contributed by atoms with Gasteiger partial charge in [-0.1, -0.05) is 24.3 Å². The summed E-state index contributed by atoms with van der Waals surface area (Å²) < 4.78 is 28.5. The van der Waals surface area contributed by atoms with Gasteiger partial charge in [0.05, 0.1) is 17.7 Å². The monoisotopic (exact) mass is 382 g/mol. The Morgan fingerprint density at radius 2 is 1.96 bits per heavy atom. The lowest BCUT2D eigenvalue weighted by atomic mass is 9.75. The van der Waals surface area contributed by atoms with Crippen LogP contribution in [0.15, 0.2) is 48.7 Å². The second kappa shape index (κ2) is 7.28. The third kappa shape index (κ3) is 3.36. The summed E-state index contributed by atoms with van der Waals surface area (Å²) in [5, 5.41) is 13.4. The number of aryl methyl sites for hydroxylation is 1. The van der Waals surface area contributed by atoms with E-state index < -0.39 is 35.3 Å². The van der Waals surface area contributed by atoms with E-state index in [0.29, 0.717) is 12.8 Å². The van der Waals surface area contributed by atoms with E-state index in [2.05, 4.69) is 10.3 Å². The number of aliphatic hydroxyl groups excluding tert-OH is 1.